The van der Waals surface area contributed by atoms with Crippen molar-refractivity contribution in [2.24, 2.45) is 0 Å². The topological polar surface area (TPSA) is 15.3 Å². The molecule has 0 saturated carbocycles. The molecule has 0 bridgehead atoms. The van der Waals surface area contributed by atoms with Crippen LogP contribution < -0.4 is 5.32 Å². The van der Waals surface area contributed by atoms with E-state index in [0.717, 1.165) is 6.04 Å². The Balaban J connectivity index is 2.05. The highest BCUT2D eigenvalue weighted by molar-refractivity contribution is 4.71. The van der Waals surface area contributed by atoms with E-state index in [4.69, 9.17) is 0 Å². The van der Waals surface area contributed by atoms with Crippen LogP contribution in [-0.2, 0) is 0 Å². The van der Waals surface area contributed by atoms with Crippen LogP contribution in [0.1, 0.15) is 46.0 Å². The Morgan fingerprint density at radius 2 is 2.07 bits per heavy atom. The summed E-state index contributed by atoms with van der Waals surface area (Å²) in [5.74, 6) is 0. The van der Waals surface area contributed by atoms with Crippen LogP contribution in [0.25, 0.3) is 0 Å². The van der Waals surface area contributed by atoms with E-state index in [1.54, 1.807) is 0 Å². The van der Waals surface area contributed by atoms with E-state index in [1.165, 1.54) is 58.3 Å². The number of unbranched alkanes of at least 4 members (excludes halogenated alkanes) is 3. The Morgan fingerprint density at radius 3 is 2.86 bits per heavy atom. The molecule has 0 aromatic rings. The first-order chi connectivity index (χ1) is 6.83. The molecule has 1 aliphatic rings. The lowest BCUT2D eigenvalue weighted by atomic mass is 10.2. The van der Waals surface area contributed by atoms with Gasteiger partial charge in [0.15, 0.2) is 0 Å². The largest absolute Gasteiger partial charge is 0.313 e. The van der Waals surface area contributed by atoms with Gasteiger partial charge in [0.2, 0.25) is 0 Å². The lowest BCUT2D eigenvalue weighted by Crippen LogP contribution is -2.29. The number of nitrogens with zero attached hydrogens (tertiary/aromatic N) is 1. The summed E-state index contributed by atoms with van der Waals surface area (Å²) in [6.07, 6.45) is 6.87. The second kappa shape index (κ2) is 7.24. The third-order valence-corrected chi connectivity index (χ3v) is 3.13. The van der Waals surface area contributed by atoms with Crippen LogP contribution in [0.4, 0.5) is 0 Å². The Morgan fingerprint density at radius 1 is 1.21 bits per heavy atom. The van der Waals surface area contributed by atoms with Gasteiger partial charge in [-0.2, -0.15) is 0 Å². The number of rotatable bonds is 5. The molecule has 2 nitrogen and oxygen atoms in total. The maximum atomic E-state index is 3.53. The highest BCUT2D eigenvalue weighted by Gasteiger charge is 2.11. The quantitative estimate of drug-likeness (QED) is 0.682. The molecule has 1 N–H and O–H groups in total. The van der Waals surface area contributed by atoms with Gasteiger partial charge in [0.25, 0.3) is 0 Å². The van der Waals surface area contributed by atoms with Crippen molar-refractivity contribution in [1.29, 1.82) is 0 Å². The van der Waals surface area contributed by atoms with Crippen molar-refractivity contribution in [3.8, 4) is 0 Å². The second-order valence-corrected chi connectivity index (χ2v) is 4.55. The summed E-state index contributed by atoms with van der Waals surface area (Å²) in [6, 6.07) is 0.718. The third kappa shape index (κ3) is 4.97. The Kier molecular flexibility index (Phi) is 6.20. The van der Waals surface area contributed by atoms with Crippen molar-refractivity contribution in [1.82, 2.24) is 10.2 Å². The summed E-state index contributed by atoms with van der Waals surface area (Å²) in [4.78, 5) is 2.62. The average molecular weight is 198 g/mol. The van der Waals surface area contributed by atoms with E-state index < -0.39 is 0 Å². The molecule has 84 valence electrons. The van der Waals surface area contributed by atoms with Gasteiger partial charge >= 0.3 is 0 Å². The molecule has 1 aliphatic heterocycles. The SMILES string of the molecule is CCCCCCN1CCNC(C)CC1. The molecule has 1 saturated heterocycles. The van der Waals surface area contributed by atoms with Gasteiger partial charge in [0.05, 0.1) is 0 Å². The van der Waals surface area contributed by atoms with Gasteiger partial charge in [-0.15, -0.1) is 0 Å². The monoisotopic (exact) mass is 198 g/mol. The van der Waals surface area contributed by atoms with Crippen molar-refractivity contribution in [3.05, 3.63) is 0 Å². The normalized spacial score (nSPS) is 24.9. The van der Waals surface area contributed by atoms with Crippen LogP contribution in [0.3, 0.4) is 0 Å². The Labute approximate surface area is 89.1 Å². The zero-order valence-electron chi connectivity index (χ0n) is 9.89. The standard InChI is InChI=1S/C12H26N2/c1-3-4-5-6-9-14-10-7-12(2)13-8-11-14/h12-13H,3-11H2,1-2H3. The van der Waals surface area contributed by atoms with Crippen LogP contribution in [0.5, 0.6) is 0 Å². The fourth-order valence-electron chi connectivity index (χ4n) is 2.04. The predicted molar refractivity (Wildman–Crippen MR) is 62.7 cm³/mol. The zero-order chi connectivity index (χ0) is 10.2. The summed E-state index contributed by atoms with van der Waals surface area (Å²) in [5.41, 5.74) is 0. The highest BCUT2D eigenvalue weighted by Crippen LogP contribution is 2.05. The molecule has 2 heteroatoms. The molecule has 0 spiro atoms. The fraction of sp³-hybridized carbons (Fsp3) is 1.00. The first-order valence-corrected chi connectivity index (χ1v) is 6.28. The molecule has 0 aromatic heterocycles. The van der Waals surface area contributed by atoms with E-state index >= 15 is 0 Å². The van der Waals surface area contributed by atoms with Gasteiger partial charge in [-0.1, -0.05) is 26.2 Å². The van der Waals surface area contributed by atoms with Gasteiger partial charge < -0.3 is 10.2 Å². The minimum absolute atomic E-state index is 0.718. The van der Waals surface area contributed by atoms with Gasteiger partial charge in [0.1, 0.15) is 0 Å². The van der Waals surface area contributed by atoms with Crippen molar-refractivity contribution in [3.63, 3.8) is 0 Å². The molecular weight excluding hydrogens is 172 g/mol. The number of hydrogen-bond acceptors (Lipinski definition) is 2. The fourth-order valence-corrected chi connectivity index (χ4v) is 2.04. The number of nitrogens with one attached hydrogen (secondary N) is 1. The van der Waals surface area contributed by atoms with Crippen molar-refractivity contribution in [2.45, 2.75) is 52.0 Å². The molecule has 0 aromatic carbocycles. The molecule has 14 heavy (non-hydrogen) atoms. The van der Waals surface area contributed by atoms with E-state index in [1.807, 2.05) is 0 Å². The minimum Gasteiger partial charge on any atom is -0.313 e. The van der Waals surface area contributed by atoms with Crippen LogP contribution in [0, 0.1) is 0 Å². The predicted octanol–water partition coefficient (Wildman–Crippen LogP) is 2.25. The van der Waals surface area contributed by atoms with Crippen LogP contribution in [-0.4, -0.2) is 37.1 Å². The summed E-state index contributed by atoms with van der Waals surface area (Å²) in [6.45, 7) is 9.60. The molecular formula is C12H26N2. The smallest absolute Gasteiger partial charge is 0.0107 e. The van der Waals surface area contributed by atoms with E-state index in [-0.39, 0.29) is 0 Å². The molecule has 0 aliphatic carbocycles. The summed E-state index contributed by atoms with van der Waals surface area (Å²) in [7, 11) is 0. The van der Waals surface area contributed by atoms with E-state index in [9.17, 15) is 0 Å². The van der Waals surface area contributed by atoms with Crippen molar-refractivity contribution < 1.29 is 0 Å². The minimum atomic E-state index is 0.718. The summed E-state index contributed by atoms with van der Waals surface area (Å²) in [5, 5.41) is 3.53. The van der Waals surface area contributed by atoms with Gasteiger partial charge in [-0.05, 0) is 32.9 Å². The van der Waals surface area contributed by atoms with Crippen LogP contribution in [0.15, 0.2) is 0 Å². The van der Waals surface area contributed by atoms with Crippen molar-refractivity contribution >= 4 is 0 Å². The molecule has 0 amide bonds. The number of hydrogen-bond donors (Lipinski definition) is 1. The molecule has 1 unspecified atom stereocenters. The zero-order valence-corrected chi connectivity index (χ0v) is 9.89. The highest BCUT2D eigenvalue weighted by atomic mass is 15.2. The van der Waals surface area contributed by atoms with E-state index in [2.05, 4.69) is 24.1 Å². The molecule has 1 fully saturated rings. The maximum absolute atomic E-state index is 3.53. The first-order valence-electron chi connectivity index (χ1n) is 6.28. The van der Waals surface area contributed by atoms with Crippen molar-refractivity contribution in [2.75, 3.05) is 26.2 Å². The molecule has 0 radical (unpaired) electrons. The van der Waals surface area contributed by atoms with Crippen LogP contribution in [0.2, 0.25) is 0 Å². The van der Waals surface area contributed by atoms with E-state index in [0.29, 0.717) is 0 Å². The first kappa shape index (κ1) is 12.0. The summed E-state index contributed by atoms with van der Waals surface area (Å²) < 4.78 is 0. The van der Waals surface area contributed by atoms with Gasteiger partial charge in [-0.3, -0.25) is 0 Å². The molecule has 1 atom stereocenters. The third-order valence-electron chi connectivity index (χ3n) is 3.13. The maximum Gasteiger partial charge on any atom is 0.0107 e. The average Bonchev–Trinajstić information content (AvgIpc) is 2.38. The van der Waals surface area contributed by atoms with Crippen LogP contribution >= 0.6 is 0 Å². The Bertz CT molecular complexity index is 136. The Hall–Kier alpha value is -0.0800. The second-order valence-electron chi connectivity index (χ2n) is 4.55. The molecule has 1 heterocycles. The lowest BCUT2D eigenvalue weighted by molar-refractivity contribution is 0.283. The van der Waals surface area contributed by atoms with Gasteiger partial charge in [0, 0.05) is 19.1 Å². The van der Waals surface area contributed by atoms with Gasteiger partial charge in [-0.25, -0.2) is 0 Å². The summed E-state index contributed by atoms with van der Waals surface area (Å²) >= 11 is 0. The lowest BCUT2D eigenvalue weighted by Gasteiger charge is -2.19. The molecule has 1 rings (SSSR count).